The fourth-order valence-corrected chi connectivity index (χ4v) is 4.75. The third-order valence-electron chi connectivity index (χ3n) is 5.62. The molecule has 1 atom stereocenters. The van der Waals surface area contributed by atoms with E-state index < -0.39 is 40.3 Å². The number of ether oxygens (including phenoxy) is 1. The van der Waals surface area contributed by atoms with E-state index in [0.717, 1.165) is 34.6 Å². The molecule has 0 spiro atoms. The van der Waals surface area contributed by atoms with E-state index in [2.05, 4.69) is 6.58 Å². The van der Waals surface area contributed by atoms with E-state index in [1.54, 1.807) is 18.2 Å². The van der Waals surface area contributed by atoms with Gasteiger partial charge in [-0.15, -0.1) is 6.58 Å². The molecule has 10 heteroatoms. The van der Waals surface area contributed by atoms with E-state index in [0.29, 0.717) is 16.7 Å². The summed E-state index contributed by atoms with van der Waals surface area (Å²) in [5.41, 5.74) is 0.875. The summed E-state index contributed by atoms with van der Waals surface area (Å²) in [7, 11) is -2.60. The number of alkyl halides is 2. The smallest absolute Gasteiger partial charge is 0.344 e. The monoisotopic (exact) mass is 533 g/mol. The maximum atomic E-state index is 14.6. The number of carbonyl (C=O) groups is 1. The Morgan fingerprint density at radius 2 is 1.81 bits per heavy atom. The summed E-state index contributed by atoms with van der Waals surface area (Å²) >= 11 is 0. The van der Waals surface area contributed by atoms with Crippen LogP contribution in [0.3, 0.4) is 0 Å². The lowest BCUT2D eigenvalue weighted by Gasteiger charge is -2.20. The Morgan fingerprint density at radius 3 is 2.43 bits per heavy atom. The molecule has 0 fully saturated rings. The number of nitrogens with zero attached hydrogens (tertiary/aromatic N) is 1. The standard InChI is InChI=1S/C27H26F3NO5S/c1-4-14-27(29,30)21-7-5-6-20(16-21)24-15-19(8-13-25(24)36-18(2)26(32)33)17-31(3)37(34,35)23-11-9-22(28)10-12-23/h4-13,15-16,18H,1,14,17H2,2-3H3,(H,32,33). The molecule has 0 heterocycles. The van der Waals surface area contributed by atoms with Crippen molar-refractivity contribution in [3.05, 3.63) is 96.3 Å². The van der Waals surface area contributed by atoms with Gasteiger partial charge in [0.2, 0.25) is 10.0 Å². The van der Waals surface area contributed by atoms with Crippen LogP contribution in [0.2, 0.25) is 0 Å². The molecule has 196 valence electrons. The minimum atomic E-state index is -3.96. The van der Waals surface area contributed by atoms with E-state index in [1.807, 2.05) is 0 Å². The van der Waals surface area contributed by atoms with Crippen LogP contribution in [-0.2, 0) is 27.3 Å². The molecule has 0 radical (unpaired) electrons. The second-order valence-electron chi connectivity index (χ2n) is 8.42. The number of carboxylic acids is 1. The van der Waals surface area contributed by atoms with Crippen LogP contribution in [0.5, 0.6) is 5.75 Å². The molecule has 3 aromatic carbocycles. The summed E-state index contributed by atoms with van der Waals surface area (Å²) in [6.07, 6.45) is -0.674. The minimum Gasteiger partial charge on any atom is -0.479 e. The Kier molecular flexibility index (Phi) is 8.45. The molecular formula is C27H26F3NO5S. The lowest BCUT2D eigenvalue weighted by molar-refractivity contribution is -0.144. The predicted molar refractivity (Wildman–Crippen MR) is 133 cm³/mol. The third-order valence-corrected chi connectivity index (χ3v) is 7.44. The second kappa shape index (κ2) is 11.2. The highest BCUT2D eigenvalue weighted by Gasteiger charge is 2.30. The number of hydrogen-bond acceptors (Lipinski definition) is 4. The zero-order valence-electron chi connectivity index (χ0n) is 20.2. The van der Waals surface area contributed by atoms with Gasteiger partial charge in [-0.3, -0.25) is 0 Å². The number of allylic oxidation sites excluding steroid dienone is 1. The normalized spacial score (nSPS) is 12.8. The van der Waals surface area contributed by atoms with Crippen molar-refractivity contribution in [2.75, 3.05) is 7.05 Å². The van der Waals surface area contributed by atoms with E-state index in [-0.39, 0.29) is 22.8 Å². The topological polar surface area (TPSA) is 83.9 Å². The first kappa shape index (κ1) is 27.9. The van der Waals surface area contributed by atoms with Crippen molar-refractivity contribution in [2.24, 2.45) is 0 Å². The summed E-state index contributed by atoms with van der Waals surface area (Å²) in [6.45, 7) is 4.60. The summed E-state index contributed by atoms with van der Waals surface area (Å²) in [4.78, 5) is 11.3. The molecule has 3 rings (SSSR count). The number of aliphatic carboxylic acids is 1. The lowest BCUT2D eigenvalue weighted by atomic mass is 9.97. The van der Waals surface area contributed by atoms with E-state index in [9.17, 15) is 31.5 Å². The molecule has 0 aliphatic carbocycles. The Balaban J connectivity index is 2.03. The van der Waals surface area contributed by atoms with Crippen molar-refractivity contribution in [1.82, 2.24) is 4.31 Å². The number of rotatable bonds is 11. The quantitative estimate of drug-likeness (QED) is 0.314. The van der Waals surface area contributed by atoms with Crippen molar-refractivity contribution >= 4 is 16.0 Å². The maximum Gasteiger partial charge on any atom is 0.344 e. The predicted octanol–water partition coefficient (Wildman–Crippen LogP) is 5.83. The Bertz CT molecular complexity index is 1390. The number of sulfonamides is 1. The average Bonchev–Trinajstić information content (AvgIpc) is 2.85. The Morgan fingerprint density at radius 1 is 1.14 bits per heavy atom. The fourth-order valence-electron chi connectivity index (χ4n) is 3.59. The summed E-state index contributed by atoms with van der Waals surface area (Å²) in [5, 5.41) is 9.27. The van der Waals surface area contributed by atoms with Gasteiger partial charge in [-0.05, 0) is 60.5 Å². The molecule has 1 N–H and O–H groups in total. The van der Waals surface area contributed by atoms with Crippen LogP contribution in [0.25, 0.3) is 11.1 Å². The third kappa shape index (κ3) is 6.58. The number of carboxylic acid groups (broad SMARTS) is 1. The molecule has 6 nitrogen and oxygen atoms in total. The van der Waals surface area contributed by atoms with Gasteiger partial charge in [-0.1, -0.05) is 30.3 Å². The van der Waals surface area contributed by atoms with Crippen LogP contribution in [-0.4, -0.2) is 37.0 Å². The summed E-state index contributed by atoms with van der Waals surface area (Å²) in [6, 6.07) is 14.6. The molecule has 0 aromatic heterocycles. The molecular weight excluding hydrogens is 507 g/mol. The van der Waals surface area contributed by atoms with Crippen molar-refractivity contribution in [3.63, 3.8) is 0 Å². The highest BCUT2D eigenvalue weighted by atomic mass is 32.2. The van der Waals surface area contributed by atoms with Gasteiger partial charge < -0.3 is 9.84 Å². The van der Waals surface area contributed by atoms with Gasteiger partial charge in [-0.2, -0.15) is 4.31 Å². The highest BCUT2D eigenvalue weighted by molar-refractivity contribution is 7.89. The van der Waals surface area contributed by atoms with Crippen LogP contribution < -0.4 is 4.74 Å². The van der Waals surface area contributed by atoms with Crippen molar-refractivity contribution in [1.29, 1.82) is 0 Å². The van der Waals surface area contributed by atoms with Crippen LogP contribution in [0.4, 0.5) is 13.2 Å². The van der Waals surface area contributed by atoms with Gasteiger partial charge in [0.1, 0.15) is 11.6 Å². The fraction of sp³-hybridized carbons (Fsp3) is 0.222. The van der Waals surface area contributed by atoms with Crippen LogP contribution >= 0.6 is 0 Å². The zero-order chi connectivity index (χ0) is 27.4. The van der Waals surface area contributed by atoms with Gasteiger partial charge in [0.05, 0.1) is 4.90 Å². The average molecular weight is 534 g/mol. The van der Waals surface area contributed by atoms with Gasteiger partial charge >= 0.3 is 5.97 Å². The zero-order valence-corrected chi connectivity index (χ0v) is 21.0. The summed E-state index contributed by atoms with van der Waals surface area (Å²) < 4.78 is 74.9. The minimum absolute atomic E-state index is 0.0935. The molecule has 3 aromatic rings. The summed E-state index contributed by atoms with van der Waals surface area (Å²) in [5.74, 6) is -4.83. The van der Waals surface area contributed by atoms with Gasteiger partial charge in [0, 0.05) is 31.1 Å². The molecule has 0 amide bonds. The Labute approximate surface area is 213 Å². The van der Waals surface area contributed by atoms with Crippen molar-refractivity contribution in [2.45, 2.75) is 36.8 Å². The SMILES string of the molecule is C=CCC(F)(F)c1cccc(-c2cc(CN(C)S(=O)(=O)c3ccc(F)cc3)ccc2OC(C)C(=O)O)c1. The number of benzene rings is 3. The first-order valence-corrected chi connectivity index (χ1v) is 12.6. The van der Waals surface area contributed by atoms with Gasteiger partial charge in [0.15, 0.2) is 6.10 Å². The van der Waals surface area contributed by atoms with Crippen molar-refractivity contribution < 1.29 is 36.2 Å². The number of hydrogen-bond donors (Lipinski definition) is 1. The molecule has 37 heavy (non-hydrogen) atoms. The lowest BCUT2D eigenvalue weighted by Crippen LogP contribution is -2.26. The first-order chi connectivity index (χ1) is 17.3. The second-order valence-corrected chi connectivity index (χ2v) is 10.5. The largest absolute Gasteiger partial charge is 0.479 e. The van der Waals surface area contributed by atoms with E-state index >= 15 is 0 Å². The van der Waals surface area contributed by atoms with Gasteiger partial charge in [0.25, 0.3) is 5.92 Å². The van der Waals surface area contributed by atoms with Crippen LogP contribution in [0.1, 0.15) is 24.5 Å². The van der Waals surface area contributed by atoms with Gasteiger partial charge in [-0.25, -0.2) is 26.4 Å². The first-order valence-electron chi connectivity index (χ1n) is 11.2. The van der Waals surface area contributed by atoms with Crippen LogP contribution in [0.15, 0.2) is 84.3 Å². The van der Waals surface area contributed by atoms with E-state index in [4.69, 9.17) is 4.74 Å². The maximum absolute atomic E-state index is 14.6. The molecule has 1 unspecified atom stereocenters. The highest BCUT2D eigenvalue weighted by Crippen LogP contribution is 2.37. The molecule has 0 aliphatic heterocycles. The van der Waals surface area contributed by atoms with Crippen molar-refractivity contribution in [3.8, 4) is 16.9 Å². The molecule has 0 saturated heterocycles. The Hall–Kier alpha value is -3.63. The molecule has 0 aliphatic rings. The van der Waals surface area contributed by atoms with E-state index in [1.165, 1.54) is 38.2 Å². The van der Waals surface area contributed by atoms with Crippen LogP contribution in [0, 0.1) is 5.82 Å². The number of halogens is 3. The molecule has 0 bridgehead atoms. The molecule has 0 saturated carbocycles.